The minimum absolute atomic E-state index is 0.0603. The molecule has 2 aromatic heterocycles. The summed E-state index contributed by atoms with van der Waals surface area (Å²) in [4.78, 5) is 7.57. The van der Waals surface area contributed by atoms with Gasteiger partial charge in [-0.05, 0) is 0 Å². The van der Waals surface area contributed by atoms with Crippen molar-refractivity contribution in [3.63, 3.8) is 0 Å². The van der Waals surface area contributed by atoms with E-state index in [1.807, 2.05) is 0 Å². The van der Waals surface area contributed by atoms with Gasteiger partial charge >= 0.3 is 5.65 Å². The van der Waals surface area contributed by atoms with Crippen molar-refractivity contribution < 1.29 is 37.0 Å². The quantitative estimate of drug-likeness (QED) is 0.223. The predicted octanol–water partition coefficient (Wildman–Crippen LogP) is -3.12. The predicted molar refractivity (Wildman–Crippen MR) is 67.9 cm³/mol. The van der Waals surface area contributed by atoms with Crippen molar-refractivity contribution in [2.24, 2.45) is 7.05 Å². The van der Waals surface area contributed by atoms with Crippen molar-refractivity contribution in [3.8, 4) is 5.88 Å². The fourth-order valence-corrected chi connectivity index (χ4v) is 1.59. The molecule has 13 heteroatoms. The molecule has 0 amide bonds. The molecule has 12 nitrogen and oxygen atoms in total. The summed E-state index contributed by atoms with van der Waals surface area (Å²) in [6.45, 7) is 0.344. The summed E-state index contributed by atoms with van der Waals surface area (Å²) < 4.78 is 41.2. The average Bonchev–Trinajstić information content (AvgIpc) is 2.64. The van der Waals surface area contributed by atoms with Gasteiger partial charge in [0.15, 0.2) is 18.6 Å². The third-order valence-electron chi connectivity index (χ3n) is 2.25. The van der Waals surface area contributed by atoms with Crippen LogP contribution in [0, 0.1) is 0 Å². The molecule has 2 heterocycles. The monoisotopic (exact) mass is 336 g/mol. The molecule has 0 bridgehead atoms. The lowest BCUT2D eigenvalue weighted by Gasteiger charge is -2.03. The number of rotatable bonds is 4. The molecule has 2 rings (SSSR count). The molecule has 4 N–H and O–H groups in total. The number of nitrogens with zero attached hydrogens (tertiary/aromatic N) is 4. The Morgan fingerprint density at radius 3 is 2.64 bits per heavy atom. The van der Waals surface area contributed by atoms with Crippen LogP contribution in [-0.2, 0) is 28.9 Å². The second kappa shape index (κ2) is 7.28. The summed E-state index contributed by atoms with van der Waals surface area (Å²) in [5, 5.41) is 20.2. The summed E-state index contributed by atoms with van der Waals surface area (Å²) in [5.74, 6) is -0.486. The van der Waals surface area contributed by atoms with Crippen LogP contribution in [0.15, 0.2) is 6.33 Å². The number of aromatic nitrogens is 4. The molecular formula is C9H14N5O7S-. The number of anilines is 1. The Bertz CT molecular complexity index is 736. The van der Waals surface area contributed by atoms with E-state index in [0.29, 0.717) is 11.2 Å². The van der Waals surface area contributed by atoms with E-state index in [4.69, 9.17) is 33.1 Å². The van der Waals surface area contributed by atoms with E-state index >= 15 is 0 Å². The Balaban J connectivity index is 0.000000422. The molecular weight excluding hydrogens is 322 g/mol. The minimum Gasteiger partial charge on any atom is -0.856 e. The van der Waals surface area contributed by atoms with Crippen molar-refractivity contribution >= 4 is 27.5 Å². The second-order valence-corrected chi connectivity index (χ2v) is 4.80. The van der Waals surface area contributed by atoms with Gasteiger partial charge in [-0.2, -0.15) is 0 Å². The molecule has 0 aromatic carbocycles. The Labute approximate surface area is 125 Å². The maximum Gasteiger partial charge on any atom is 0.308 e. The zero-order valence-electron chi connectivity index (χ0n) is 11.4. The van der Waals surface area contributed by atoms with Gasteiger partial charge in [0.1, 0.15) is 0 Å². The zero-order chi connectivity index (χ0) is 16.9. The summed E-state index contributed by atoms with van der Waals surface area (Å²) in [7, 11) is -3.20. The molecule has 0 spiro atoms. The maximum absolute atomic E-state index is 11.6. The van der Waals surface area contributed by atoms with Gasteiger partial charge in [0.25, 0.3) is 5.95 Å². The number of ether oxygens (including phenoxy) is 1. The van der Waals surface area contributed by atoms with Gasteiger partial charge in [-0.1, -0.05) is 4.98 Å². The van der Waals surface area contributed by atoms with Crippen molar-refractivity contribution in [1.29, 1.82) is 0 Å². The van der Waals surface area contributed by atoms with Crippen LogP contribution in [0.4, 0.5) is 5.95 Å². The second-order valence-electron chi connectivity index (χ2n) is 3.94. The molecule has 124 valence electrons. The van der Waals surface area contributed by atoms with Crippen LogP contribution in [0.25, 0.3) is 11.2 Å². The number of imidazole rings is 1. The Kier molecular flexibility index (Phi) is 5.95. The largest absolute Gasteiger partial charge is 0.856 e. The first-order valence-electron chi connectivity index (χ1n) is 5.69. The molecule has 0 aliphatic heterocycles. The van der Waals surface area contributed by atoms with E-state index in [-0.39, 0.29) is 25.9 Å². The van der Waals surface area contributed by atoms with Crippen molar-refractivity contribution in [1.82, 2.24) is 14.5 Å². The van der Waals surface area contributed by atoms with Gasteiger partial charge in [-0.25, -0.2) is 18.0 Å². The van der Waals surface area contributed by atoms with Gasteiger partial charge in [-0.15, -0.1) is 0 Å². The highest BCUT2D eigenvalue weighted by atomic mass is 32.3. The molecule has 0 fully saturated rings. The van der Waals surface area contributed by atoms with E-state index in [0.717, 1.165) is 0 Å². The van der Waals surface area contributed by atoms with Gasteiger partial charge in [0.05, 0.1) is 20.3 Å². The van der Waals surface area contributed by atoms with E-state index in [1.54, 1.807) is 22.5 Å². The fourth-order valence-electron chi connectivity index (χ4n) is 1.59. The first kappa shape index (κ1) is 18.0. The minimum atomic E-state index is -4.92. The van der Waals surface area contributed by atoms with Gasteiger partial charge in [0.2, 0.25) is 10.4 Å². The molecule has 0 aliphatic rings. The summed E-state index contributed by atoms with van der Waals surface area (Å²) in [6.07, 6.45) is 1.66. The van der Waals surface area contributed by atoms with Crippen LogP contribution in [-0.4, -0.2) is 50.4 Å². The third kappa shape index (κ3) is 5.38. The van der Waals surface area contributed by atoms with E-state index in [2.05, 4.69) is 9.97 Å². The molecule has 0 saturated heterocycles. The van der Waals surface area contributed by atoms with Crippen LogP contribution in [0.2, 0.25) is 0 Å². The molecule has 0 atom stereocenters. The lowest BCUT2D eigenvalue weighted by atomic mass is 10.5. The van der Waals surface area contributed by atoms with Gasteiger partial charge < -0.3 is 25.2 Å². The number of hydrogen-bond donors (Lipinski definition) is 3. The number of aliphatic hydroxyl groups excluding tert-OH is 1. The summed E-state index contributed by atoms with van der Waals surface area (Å²) >= 11 is 0. The lowest BCUT2D eigenvalue weighted by molar-refractivity contribution is -0.711. The van der Waals surface area contributed by atoms with Crippen LogP contribution in [0.3, 0.4) is 0 Å². The number of fused-ring (bicyclic) bond motifs is 1. The van der Waals surface area contributed by atoms with Gasteiger partial charge in [-0.3, -0.25) is 9.12 Å². The van der Waals surface area contributed by atoms with E-state index in [9.17, 15) is 5.11 Å². The first-order valence-corrected chi connectivity index (χ1v) is 7.06. The van der Waals surface area contributed by atoms with Crippen LogP contribution in [0.5, 0.6) is 5.88 Å². The SMILES string of the molecule is Cn1c[n+](COCCO)c2nc(N)nc([O-])c21.O=S(=O)([O-])O. The Hall–Kier alpha value is -2.06. The number of hydrogen-bond acceptors (Lipinski definition) is 9. The van der Waals surface area contributed by atoms with Gasteiger partial charge in [0, 0.05) is 5.88 Å². The highest BCUT2D eigenvalue weighted by molar-refractivity contribution is 7.79. The van der Waals surface area contributed by atoms with Crippen LogP contribution in [0.1, 0.15) is 0 Å². The zero-order valence-corrected chi connectivity index (χ0v) is 12.2. The van der Waals surface area contributed by atoms with Crippen molar-refractivity contribution in [2.75, 3.05) is 18.9 Å². The molecule has 22 heavy (non-hydrogen) atoms. The standard InChI is InChI=1S/C9H13N5O3.H2O4S/c1-13-4-14(5-17-3-2-15)7-6(13)8(16)12-9(10)11-7;1-5(2,3)4/h4,15H,2-3,5H2,1H3,(H2-,10,11,12,16);(H2,1,2,3,4)/p-1. The van der Waals surface area contributed by atoms with Crippen molar-refractivity contribution in [2.45, 2.75) is 6.73 Å². The number of aliphatic hydroxyl groups is 1. The third-order valence-corrected chi connectivity index (χ3v) is 2.25. The fraction of sp³-hybridized carbons (Fsp3) is 0.444. The van der Waals surface area contributed by atoms with Crippen molar-refractivity contribution in [3.05, 3.63) is 6.33 Å². The average molecular weight is 336 g/mol. The Morgan fingerprint density at radius 2 is 2.09 bits per heavy atom. The highest BCUT2D eigenvalue weighted by Crippen LogP contribution is 2.16. The highest BCUT2D eigenvalue weighted by Gasteiger charge is 2.17. The van der Waals surface area contributed by atoms with Crippen LogP contribution >= 0.6 is 0 Å². The normalized spacial score (nSPS) is 11.3. The van der Waals surface area contributed by atoms with Crippen LogP contribution < -0.4 is 15.4 Å². The first-order chi connectivity index (χ1) is 10.1. The lowest BCUT2D eigenvalue weighted by Crippen LogP contribution is -2.35. The molecule has 2 aromatic rings. The molecule has 0 saturated carbocycles. The summed E-state index contributed by atoms with van der Waals surface area (Å²) in [6, 6.07) is 0. The maximum atomic E-state index is 11.6. The number of nitrogen functional groups attached to an aromatic ring is 1. The smallest absolute Gasteiger partial charge is 0.308 e. The topological polar surface area (TPSA) is 191 Å². The molecule has 0 aliphatic carbocycles. The Morgan fingerprint density at radius 1 is 1.50 bits per heavy atom. The molecule has 0 unspecified atom stereocenters. The number of aryl methyl sites for hydroxylation is 1. The summed E-state index contributed by atoms with van der Waals surface area (Å²) in [5.41, 5.74) is 6.22. The van der Waals surface area contributed by atoms with E-state index < -0.39 is 16.3 Å². The van der Waals surface area contributed by atoms with E-state index in [1.165, 1.54) is 0 Å². The molecule has 0 radical (unpaired) electrons. The number of nitrogens with two attached hydrogens (primary N) is 1.